The summed E-state index contributed by atoms with van der Waals surface area (Å²) in [4.78, 5) is 21.2. The molecule has 0 fully saturated rings. The van der Waals surface area contributed by atoms with Gasteiger partial charge in [0, 0.05) is 15.4 Å². The summed E-state index contributed by atoms with van der Waals surface area (Å²) in [6, 6.07) is 15.1. The minimum absolute atomic E-state index is 0.212. The Morgan fingerprint density at radius 3 is 2.08 bits per heavy atom. The predicted octanol–water partition coefficient (Wildman–Crippen LogP) is 5.28. The Morgan fingerprint density at radius 1 is 0.960 bits per heavy atom. The van der Waals surface area contributed by atoms with E-state index in [-0.39, 0.29) is 6.42 Å². The van der Waals surface area contributed by atoms with Crippen molar-refractivity contribution >= 4 is 43.8 Å². The molecule has 0 unspecified atom stereocenters. The molecule has 6 heteroatoms. The van der Waals surface area contributed by atoms with Crippen LogP contribution in [0.4, 0.5) is 0 Å². The Kier molecular flexibility index (Phi) is 8.32. The van der Waals surface area contributed by atoms with Gasteiger partial charge in [0.15, 0.2) is 0 Å². The molecule has 25 heavy (non-hydrogen) atoms. The maximum absolute atomic E-state index is 11.0. The molecule has 2 aromatic carbocycles. The van der Waals surface area contributed by atoms with E-state index in [1.54, 1.807) is 13.8 Å². The Bertz CT molecular complexity index is 727. The Balaban J connectivity index is 0.000000257. The van der Waals surface area contributed by atoms with Gasteiger partial charge in [0.2, 0.25) is 0 Å². The number of carboxylic acids is 2. The van der Waals surface area contributed by atoms with Crippen molar-refractivity contribution in [3.05, 3.63) is 68.6 Å². The first kappa shape index (κ1) is 21.4. The van der Waals surface area contributed by atoms with Crippen LogP contribution in [0.25, 0.3) is 0 Å². The summed E-state index contributed by atoms with van der Waals surface area (Å²) in [6.07, 6.45) is 0.834. The van der Waals surface area contributed by atoms with Gasteiger partial charge in [0.1, 0.15) is 0 Å². The highest BCUT2D eigenvalue weighted by molar-refractivity contribution is 9.13. The van der Waals surface area contributed by atoms with Crippen LogP contribution >= 0.6 is 31.9 Å². The largest absolute Gasteiger partial charge is 0.481 e. The van der Waals surface area contributed by atoms with Gasteiger partial charge < -0.3 is 10.2 Å². The number of benzene rings is 2. The fourth-order valence-corrected chi connectivity index (χ4v) is 3.12. The minimum Gasteiger partial charge on any atom is -0.481 e. The van der Waals surface area contributed by atoms with Crippen molar-refractivity contribution < 1.29 is 19.8 Å². The van der Waals surface area contributed by atoms with Crippen LogP contribution in [0, 0.1) is 0 Å². The summed E-state index contributed by atoms with van der Waals surface area (Å²) in [5.41, 5.74) is 0.956. The van der Waals surface area contributed by atoms with Crippen LogP contribution in [-0.4, -0.2) is 22.2 Å². The highest BCUT2D eigenvalue weighted by Crippen LogP contribution is 2.34. The van der Waals surface area contributed by atoms with Crippen LogP contribution in [-0.2, 0) is 21.4 Å². The van der Waals surface area contributed by atoms with E-state index in [0.717, 1.165) is 20.1 Å². The van der Waals surface area contributed by atoms with Gasteiger partial charge in [0.25, 0.3) is 0 Å². The molecule has 0 heterocycles. The van der Waals surface area contributed by atoms with Gasteiger partial charge in [-0.15, -0.1) is 0 Å². The molecule has 0 spiro atoms. The summed E-state index contributed by atoms with van der Waals surface area (Å²) >= 11 is 6.72. The van der Waals surface area contributed by atoms with Gasteiger partial charge in [-0.25, -0.2) is 0 Å². The first-order chi connectivity index (χ1) is 11.7. The van der Waals surface area contributed by atoms with Gasteiger partial charge in [-0.05, 0) is 69.3 Å². The lowest BCUT2D eigenvalue weighted by molar-refractivity contribution is -0.142. The molecule has 134 valence electrons. The maximum Gasteiger partial charge on any atom is 0.313 e. The first-order valence-electron chi connectivity index (χ1n) is 7.60. The highest BCUT2D eigenvalue weighted by atomic mass is 79.9. The number of hydrogen-bond acceptors (Lipinski definition) is 2. The Morgan fingerprint density at radius 2 is 1.56 bits per heavy atom. The molecule has 2 N–H and O–H groups in total. The number of aliphatic carboxylic acids is 2. The standard InChI is InChI=1S/C10H10Br2O2.C9H10O2/c1-10(2,9(13)14)6-4-3-5-7(11)8(6)12;10-9(11)7-6-8-4-2-1-3-5-8/h3-5H,1-2H3,(H,13,14);1-5H,6-7H2,(H,10,11). The summed E-state index contributed by atoms with van der Waals surface area (Å²) in [5, 5.41) is 17.4. The number of hydrogen-bond donors (Lipinski definition) is 2. The van der Waals surface area contributed by atoms with Crippen LogP contribution in [0.1, 0.15) is 31.4 Å². The van der Waals surface area contributed by atoms with Crippen molar-refractivity contribution in [3.8, 4) is 0 Å². The predicted molar refractivity (Wildman–Crippen MR) is 105 cm³/mol. The van der Waals surface area contributed by atoms with E-state index in [0.29, 0.717) is 6.42 Å². The number of carbonyl (C=O) groups is 2. The lowest BCUT2D eigenvalue weighted by Gasteiger charge is -2.21. The SMILES string of the molecule is CC(C)(C(=O)O)c1cccc(Br)c1Br.O=C(O)CCc1ccccc1. The molecule has 0 amide bonds. The molecular formula is C19H20Br2O4. The monoisotopic (exact) mass is 470 g/mol. The average Bonchev–Trinajstić information content (AvgIpc) is 2.56. The van der Waals surface area contributed by atoms with E-state index in [9.17, 15) is 9.59 Å². The van der Waals surface area contributed by atoms with Crippen LogP contribution in [0.2, 0.25) is 0 Å². The summed E-state index contributed by atoms with van der Waals surface area (Å²) in [5.74, 6) is -1.58. The average molecular weight is 472 g/mol. The zero-order valence-electron chi connectivity index (χ0n) is 14.0. The van der Waals surface area contributed by atoms with Gasteiger partial charge in [0.05, 0.1) is 5.41 Å². The normalized spacial score (nSPS) is 10.6. The van der Waals surface area contributed by atoms with E-state index in [1.807, 2.05) is 48.5 Å². The fourth-order valence-electron chi connectivity index (χ4n) is 2.00. The second kappa shape index (κ2) is 9.73. The maximum atomic E-state index is 11.0. The van der Waals surface area contributed by atoms with Crippen molar-refractivity contribution in [3.63, 3.8) is 0 Å². The second-order valence-electron chi connectivity index (χ2n) is 5.91. The lowest BCUT2D eigenvalue weighted by atomic mass is 9.85. The molecule has 0 atom stereocenters. The van der Waals surface area contributed by atoms with E-state index in [2.05, 4.69) is 31.9 Å². The molecule has 0 aliphatic heterocycles. The highest BCUT2D eigenvalue weighted by Gasteiger charge is 2.31. The molecule has 0 radical (unpaired) electrons. The first-order valence-corrected chi connectivity index (χ1v) is 9.18. The molecule has 0 aliphatic rings. The van der Waals surface area contributed by atoms with E-state index in [4.69, 9.17) is 10.2 Å². The smallest absolute Gasteiger partial charge is 0.313 e. The van der Waals surface area contributed by atoms with Crippen LogP contribution in [0.3, 0.4) is 0 Å². The van der Waals surface area contributed by atoms with E-state index >= 15 is 0 Å². The summed E-state index contributed by atoms with van der Waals surface area (Å²) < 4.78 is 1.66. The molecule has 0 aromatic heterocycles. The van der Waals surface area contributed by atoms with Gasteiger partial charge >= 0.3 is 11.9 Å². The van der Waals surface area contributed by atoms with Crippen molar-refractivity contribution in [2.24, 2.45) is 0 Å². The summed E-state index contributed by atoms with van der Waals surface area (Å²) in [6.45, 7) is 3.36. The number of aryl methyl sites for hydroxylation is 1. The van der Waals surface area contributed by atoms with Crippen LogP contribution in [0.5, 0.6) is 0 Å². The molecule has 0 saturated heterocycles. The van der Waals surface area contributed by atoms with Crippen molar-refractivity contribution in [2.75, 3.05) is 0 Å². The van der Waals surface area contributed by atoms with Gasteiger partial charge in [-0.3, -0.25) is 9.59 Å². The zero-order chi connectivity index (χ0) is 19.0. The second-order valence-corrected chi connectivity index (χ2v) is 7.56. The number of halogens is 2. The van der Waals surface area contributed by atoms with Crippen molar-refractivity contribution in [1.82, 2.24) is 0 Å². The molecule has 2 rings (SSSR count). The number of carboxylic acid groups (broad SMARTS) is 2. The van der Waals surface area contributed by atoms with Crippen molar-refractivity contribution in [1.29, 1.82) is 0 Å². The molecule has 0 aliphatic carbocycles. The third kappa shape index (κ3) is 6.63. The quantitative estimate of drug-likeness (QED) is 0.622. The molecule has 4 nitrogen and oxygen atoms in total. The van der Waals surface area contributed by atoms with Gasteiger partial charge in [-0.1, -0.05) is 42.5 Å². The fraction of sp³-hybridized carbons (Fsp3) is 0.263. The minimum atomic E-state index is -0.886. The summed E-state index contributed by atoms with van der Waals surface area (Å²) in [7, 11) is 0. The van der Waals surface area contributed by atoms with Crippen LogP contribution < -0.4 is 0 Å². The third-order valence-corrected chi connectivity index (χ3v) is 5.68. The van der Waals surface area contributed by atoms with Crippen molar-refractivity contribution in [2.45, 2.75) is 32.1 Å². The molecular weight excluding hydrogens is 452 g/mol. The Labute approximate surface area is 164 Å². The van der Waals surface area contributed by atoms with E-state index in [1.165, 1.54) is 0 Å². The van der Waals surface area contributed by atoms with Gasteiger partial charge in [-0.2, -0.15) is 0 Å². The molecule has 0 bridgehead atoms. The molecule has 2 aromatic rings. The van der Waals surface area contributed by atoms with E-state index < -0.39 is 17.4 Å². The lowest BCUT2D eigenvalue weighted by Crippen LogP contribution is -2.28. The topological polar surface area (TPSA) is 74.6 Å². The zero-order valence-corrected chi connectivity index (χ0v) is 17.2. The number of rotatable bonds is 5. The molecule has 0 saturated carbocycles. The third-order valence-electron chi connectivity index (χ3n) is 3.63. The van der Waals surface area contributed by atoms with Crippen LogP contribution in [0.15, 0.2) is 57.5 Å². The Hall–Kier alpha value is -1.66.